The first-order chi connectivity index (χ1) is 15.4. The quantitative estimate of drug-likeness (QED) is 0.244. The number of aromatic nitrogens is 1. The molecule has 1 heterocycles. The van der Waals surface area contributed by atoms with E-state index in [4.69, 9.17) is 11.6 Å². The molecule has 1 aromatic heterocycles. The maximum absolute atomic E-state index is 13.7. The van der Waals surface area contributed by atoms with Gasteiger partial charge < -0.3 is 4.57 Å². The lowest BCUT2D eigenvalue weighted by atomic mass is 9.93. The van der Waals surface area contributed by atoms with Crippen molar-refractivity contribution in [3.8, 4) is 11.1 Å². The Bertz CT molecular complexity index is 1400. The average molecular weight is 442 g/mol. The van der Waals surface area contributed by atoms with E-state index in [1.54, 1.807) is 22.8 Å². The first-order valence-electron chi connectivity index (χ1n) is 10.6. The number of benzene rings is 3. The zero-order valence-electron chi connectivity index (χ0n) is 18.3. The highest BCUT2D eigenvalue weighted by Gasteiger charge is 2.23. The summed E-state index contributed by atoms with van der Waals surface area (Å²) in [6.45, 7) is 5.90. The number of ketones is 1. The molecule has 0 spiro atoms. The van der Waals surface area contributed by atoms with E-state index in [0.29, 0.717) is 10.6 Å². The number of carbonyl (C=O) groups excluding carboxylic acids is 1. The van der Waals surface area contributed by atoms with Crippen molar-refractivity contribution < 1.29 is 4.79 Å². The summed E-state index contributed by atoms with van der Waals surface area (Å²) in [5.74, 6) is -0.318. The average Bonchev–Trinajstić information content (AvgIpc) is 2.77. The van der Waals surface area contributed by atoms with Crippen molar-refractivity contribution in [3.63, 3.8) is 0 Å². The first kappa shape index (κ1) is 21.8. The van der Waals surface area contributed by atoms with E-state index in [0.717, 1.165) is 27.6 Å². The molecular formula is C28H24ClNO2. The molecule has 0 fully saturated rings. The fourth-order valence-corrected chi connectivity index (χ4v) is 4.18. The van der Waals surface area contributed by atoms with Crippen molar-refractivity contribution in [1.29, 1.82) is 0 Å². The SMILES string of the molecule is Cc1cccc(C=CC(=O)c2c(-c3ccc(Cl)cc3)c3ccccc3n(C(C)C)c2=O)c1. The van der Waals surface area contributed by atoms with Crippen LogP contribution in [0.3, 0.4) is 0 Å². The minimum atomic E-state index is -0.318. The van der Waals surface area contributed by atoms with Gasteiger partial charge in [0.15, 0.2) is 5.78 Å². The van der Waals surface area contributed by atoms with Gasteiger partial charge in [-0.25, -0.2) is 0 Å². The van der Waals surface area contributed by atoms with E-state index in [-0.39, 0.29) is 22.9 Å². The van der Waals surface area contributed by atoms with Crippen LogP contribution in [0, 0.1) is 6.92 Å². The van der Waals surface area contributed by atoms with Crippen LogP contribution in [0.25, 0.3) is 28.1 Å². The molecule has 0 atom stereocenters. The van der Waals surface area contributed by atoms with E-state index < -0.39 is 0 Å². The highest BCUT2D eigenvalue weighted by molar-refractivity contribution is 6.30. The Morgan fingerprint density at radius 3 is 2.38 bits per heavy atom. The highest BCUT2D eigenvalue weighted by atomic mass is 35.5. The molecule has 4 rings (SSSR count). The predicted molar refractivity (Wildman–Crippen MR) is 134 cm³/mol. The highest BCUT2D eigenvalue weighted by Crippen LogP contribution is 2.32. The van der Waals surface area contributed by atoms with Crippen LogP contribution in [0.5, 0.6) is 0 Å². The number of hydrogen-bond donors (Lipinski definition) is 0. The van der Waals surface area contributed by atoms with Crippen molar-refractivity contribution in [3.05, 3.63) is 111 Å². The third-order valence-electron chi connectivity index (χ3n) is 5.48. The lowest BCUT2D eigenvalue weighted by Gasteiger charge is -2.19. The third-order valence-corrected chi connectivity index (χ3v) is 5.73. The number of para-hydroxylation sites is 1. The second-order valence-electron chi connectivity index (χ2n) is 8.15. The van der Waals surface area contributed by atoms with E-state index in [1.165, 1.54) is 6.08 Å². The van der Waals surface area contributed by atoms with Gasteiger partial charge in [-0.3, -0.25) is 9.59 Å². The van der Waals surface area contributed by atoms with Gasteiger partial charge in [-0.2, -0.15) is 0 Å². The smallest absolute Gasteiger partial charge is 0.263 e. The van der Waals surface area contributed by atoms with Crippen LogP contribution in [0.2, 0.25) is 5.02 Å². The maximum Gasteiger partial charge on any atom is 0.263 e. The Kier molecular flexibility index (Phi) is 6.11. The van der Waals surface area contributed by atoms with E-state index in [2.05, 4.69) is 0 Å². The largest absolute Gasteiger partial charge is 0.305 e. The molecular weight excluding hydrogens is 418 g/mol. The molecule has 4 heteroatoms. The first-order valence-corrected chi connectivity index (χ1v) is 11.0. The number of halogens is 1. The van der Waals surface area contributed by atoms with Gasteiger partial charge in [0.1, 0.15) is 0 Å². The summed E-state index contributed by atoms with van der Waals surface area (Å²) in [4.78, 5) is 27.2. The summed E-state index contributed by atoms with van der Waals surface area (Å²) in [5.41, 5.74) is 4.12. The van der Waals surface area contributed by atoms with Crippen molar-refractivity contribution >= 4 is 34.4 Å². The van der Waals surface area contributed by atoms with Crippen molar-refractivity contribution in [2.45, 2.75) is 26.8 Å². The molecule has 0 unspecified atom stereocenters. The van der Waals surface area contributed by atoms with Crippen molar-refractivity contribution in [1.82, 2.24) is 4.57 Å². The predicted octanol–water partition coefficient (Wildman–Crippen LogP) is 7.11. The normalized spacial score (nSPS) is 11.5. The number of pyridine rings is 1. The molecule has 3 nitrogen and oxygen atoms in total. The summed E-state index contributed by atoms with van der Waals surface area (Å²) in [7, 11) is 0. The monoisotopic (exact) mass is 441 g/mol. The molecule has 0 aliphatic rings. The molecule has 32 heavy (non-hydrogen) atoms. The van der Waals surface area contributed by atoms with Gasteiger partial charge in [0.25, 0.3) is 5.56 Å². The molecule has 4 aromatic rings. The Hall–Kier alpha value is -3.43. The number of allylic oxidation sites excluding steroid dienone is 1. The second kappa shape index (κ2) is 8.97. The van der Waals surface area contributed by atoms with Gasteiger partial charge in [0, 0.05) is 22.0 Å². The summed E-state index contributed by atoms with van der Waals surface area (Å²) in [6, 6.07) is 22.7. The summed E-state index contributed by atoms with van der Waals surface area (Å²) < 4.78 is 1.70. The van der Waals surface area contributed by atoms with Gasteiger partial charge >= 0.3 is 0 Å². The molecule has 0 bridgehead atoms. The van der Waals surface area contributed by atoms with Gasteiger partial charge in [0.2, 0.25) is 0 Å². The molecule has 0 radical (unpaired) electrons. The van der Waals surface area contributed by atoms with E-state index in [1.807, 2.05) is 81.4 Å². The number of nitrogens with zero attached hydrogens (tertiary/aromatic N) is 1. The van der Waals surface area contributed by atoms with Crippen LogP contribution in [0.15, 0.2) is 83.7 Å². The topological polar surface area (TPSA) is 39.1 Å². The standard InChI is InChI=1S/C28H24ClNO2/c1-18(2)30-24-10-5-4-9-23(24)26(21-12-14-22(29)15-13-21)27(28(30)32)25(31)16-11-20-8-6-7-19(3)17-20/h4-18H,1-3H3. The lowest BCUT2D eigenvalue weighted by Crippen LogP contribution is -2.28. The zero-order valence-corrected chi connectivity index (χ0v) is 19.1. The minimum absolute atomic E-state index is 0.0982. The van der Waals surface area contributed by atoms with Gasteiger partial charge in [-0.15, -0.1) is 0 Å². The Morgan fingerprint density at radius 1 is 0.969 bits per heavy atom. The molecule has 0 saturated heterocycles. The fraction of sp³-hybridized carbons (Fsp3) is 0.143. The number of carbonyl (C=O) groups is 1. The minimum Gasteiger partial charge on any atom is -0.305 e. The molecule has 0 amide bonds. The van der Waals surface area contributed by atoms with Crippen LogP contribution in [-0.4, -0.2) is 10.4 Å². The van der Waals surface area contributed by atoms with Crippen LogP contribution < -0.4 is 5.56 Å². The van der Waals surface area contributed by atoms with Gasteiger partial charge in [0.05, 0.1) is 11.1 Å². The molecule has 0 N–H and O–H groups in total. The molecule has 3 aromatic carbocycles. The number of hydrogen-bond acceptors (Lipinski definition) is 2. The van der Waals surface area contributed by atoms with E-state index in [9.17, 15) is 9.59 Å². The molecule has 160 valence electrons. The maximum atomic E-state index is 13.7. The third kappa shape index (κ3) is 4.17. The molecule has 0 saturated carbocycles. The Morgan fingerprint density at radius 2 is 1.69 bits per heavy atom. The zero-order chi connectivity index (χ0) is 22.8. The lowest BCUT2D eigenvalue weighted by molar-refractivity contribution is 0.104. The number of aryl methyl sites for hydroxylation is 1. The Labute approximate surface area is 192 Å². The summed E-state index contributed by atoms with van der Waals surface area (Å²) in [6.07, 6.45) is 3.25. The Balaban J connectivity index is 2.00. The van der Waals surface area contributed by atoms with Crippen LogP contribution in [0.1, 0.15) is 41.4 Å². The summed E-state index contributed by atoms with van der Waals surface area (Å²) in [5, 5.41) is 1.45. The number of fused-ring (bicyclic) bond motifs is 1. The van der Waals surface area contributed by atoms with Crippen molar-refractivity contribution in [2.75, 3.05) is 0 Å². The van der Waals surface area contributed by atoms with Crippen LogP contribution >= 0.6 is 11.6 Å². The second-order valence-corrected chi connectivity index (χ2v) is 8.59. The van der Waals surface area contributed by atoms with Gasteiger partial charge in [-0.05, 0) is 56.2 Å². The van der Waals surface area contributed by atoms with Crippen LogP contribution in [-0.2, 0) is 0 Å². The van der Waals surface area contributed by atoms with Crippen molar-refractivity contribution in [2.24, 2.45) is 0 Å². The van der Waals surface area contributed by atoms with Crippen LogP contribution in [0.4, 0.5) is 0 Å². The summed E-state index contributed by atoms with van der Waals surface area (Å²) >= 11 is 6.10. The fourth-order valence-electron chi connectivity index (χ4n) is 4.05. The molecule has 0 aliphatic carbocycles. The van der Waals surface area contributed by atoms with Gasteiger partial charge in [-0.1, -0.05) is 77.8 Å². The van der Waals surface area contributed by atoms with E-state index >= 15 is 0 Å². The molecule has 0 aliphatic heterocycles. The number of rotatable bonds is 5.